The number of benzene rings is 1. The lowest BCUT2D eigenvalue weighted by atomic mass is 10.2. The second-order valence-electron chi connectivity index (χ2n) is 6.93. The highest BCUT2D eigenvalue weighted by Gasteiger charge is 2.38. The lowest BCUT2D eigenvalue weighted by molar-refractivity contribution is -0.157. The Labute approximate surface area is 168 Å². The highest BCUT2D eigenvalue weighted by Crippen LogP contribution is 2.28. The van der Waals surface area contributed by atoms with E-state index < -0.39 is 12.1 Å². The molecule has 1 aliphatic rings. The molecule has 160 valence electrons. The normalized spacial score (nSPS) is 15.8. The van der Waals surface area contributed by atoms with E-state index in [0.29, 0.717) is 37.1 Å². The van der Waals surface area contributed by atoms with Crippen molar-refractivity contribution in [1.29, 1.82) is 0 Å². The number of rotatable bonds is 5. The molecule has 0 unspecified atom stereocenters. The summed E-state index contributed by atoms with van der Waals surface area (Å²) in [7, 11) is 0. The Bertz CT molecular complexity index is 1090. The Morgan fingerprint density at radius 1 is 1.13 bits per heavy atom. The zero-order valence-corrected chi connectivity index (χ0v) is 15.8. The fourth-order valence-corrected chi connectivity index (χ4v) is 3.40. The van der Waals surface area contributed by atoms with Gasteiger partial charge in [0.05, 0.1) is 36.9 Å². The molecule has 0 atom stereocenters. The van der Waals surface area contributed by atoms with Crippen LogP contribution in [0.4, 0.5) is 18.9 Å². The van der Waals surface area contributed by atoms with E-state index in [1.165, 1.54) is 10.9 Å². The molecule has 1 aliphatic heterocycles. The van der Waals surface area contributed by atoms with E-state index in [4.69, 9.17) is 9.52 Å². The molecule has 3 aromatic rings. The Morgan fingerprint density at radius 2 is 1.90 bits per heavy atom. The van der Waals surface area contributed by atoms with E-state index in [1.54, 1.807) is 6.07 Å². The van der Waals surface area contributed by atoms with Crippen molar-refractivity contribution in [1.82, 2.24) is 24.6 Å². The number of hydrogen-bond acceptors (Lipinski definition) is 8. The van der Waals surface area contributed by atoms with Crippen molar-refractivity contribution in [3.05, 3.63) is 46.7 Å². The van der Waals surface area contributed by atoms with Gasteiger partial charge in [-0.2, -0.15) is 13.2 Å². The largest absolute Gasteiger partial charge is 0.470 e. The molecule has 3 heterocycles. The van der Waals surface area contributed by atoms with Crippen LogP contribution in [0.1, 0.15) is 11.8 Å². The number of nitrogens with zero attached hydrogens (tertiary/aromatic N) is 6. The van der Waals surface area contributed by atoms with Crippen molar-refractivity contribution in [3.8, 4) is 0 Å². The zero-order valence-electron chi connectivity index (χ0n) is 15.8. The first kappa shape index (κ1) is 20.3. The fraction of sp³-hybridized carbons (Fsp3) is 0.444. The smallest absolute Gasteiger partial charge is 0.416 e. The lowest BCUT2D eigenvalue weighted by Gasteiger charge is -2.35. The van der Waals surface area contributed by atoms with Gasteiger partial charge in [0.1, 0.15) is 0 Å². The van der Waals surface area contributed by atoms with Crippen LogP contribution in [0, 0.1) is 0 Å². The number of anilines is 1. The van der Waals surface area contributed by atoms with Gasteiger partial charge in [0.25, 0.3) is 5.56 Å². The van der Waals surface area contributed by atoms with Crippen LogP contribution >= 0.6 is 0 Å². The minimum Gasteiger partial charge on any atom is -0.416 e. The predicted octanol–water partition coefficient (Wildman–Crippen LogP) is 1.11. The van der Waals surface area contributed by atoms with E-state index in [2.05, 4.69) is 20.1 Å². The maximum Gasteiger partial charge on any atom is 0.470 e. The van der Waals surface area contributed by atoms with Gasteiger partial charge in [0.2, 0.25) is 5.89 Å². The van der Waals surface area contributed by atoms with Crippen molar-refractivity contribution in [2.45, 2.75) is 19.3 Å². The second kappa shape index (κ2) is 8.03. The average Bonchev–Trinajstić information content (AvgIpc) is 3.20. The van der Waals surface area contributed by atoms with Gasteiger partial charge in [-0.25, -0.2) is 4.98 Å². The number of aromatic nitrogens is 4. The average molecular weight is 424 g/mol. The molecule has 0 saturated carbocycles. The summed E-state index contributed by atoms with van der Waals surface area (Å²) in [4.78, 5) is 20.8. The third-order valence-corrected chi connectivity index (χ3v) is 4.96. The summed E-state index contributed by atoms with van der Waals surface area (Å²) in [5.74, 6) is -1.40. The van der Waals surface area contributed by atoms with Gasteiger partial charge in [-0.15, -0.1) is 10.2 Å². The van der Waals surface area contributed by atoms with Crippen LogP contribution in [0.2, 0.25) is 0 Å². The maximum atomic E-state index is 12.6. The SMILES string of the molecule is O=c1c2ccc(N3CCN(Cc4nnc(C(F)(F)F)o4)CC3)cc2ncn1CCO. The lowest BCUT2D eigenvalue weighted by Crippen LogP contribution is -2.46. The number of halogens is 3. The zero-order chi connectivity index (χ0) is 21.3. The molecule has 9 nitrogen and oxygen atoms in total. The molecule has 1 aromatic carbocycles. The quantitative estimate of drug-likeness (QED) is 0.650. The monoisotopic (exact) mass is 424 g/mol. The van der Waals surface area contributed by atoms with Crippen LogP contribution in [0.15, 0.2) is 33.7 Å². The molecule has 0 bridgehead atoms. The van der Waals surface area contributed by atoms with Gasteiger partial charge < -0.3 is 14.4 Å². The number of alkyl halides is 3. The van der Waals surface area contributed by atoms with E-state index >= 15 is 0 Å². The summed E-state index contributed by atoms with van der Waals surface area (Å²) in [6.45, 7) is 2.70. The van der Waals surface area contributed by atoms with Gasteiger partial charge in [-0.3, -0.25) is 14.3 Å². The fourth-order valence-electron chi connectivity index (χ4n) is 3.40. The molecule has 0 aliphatic carbocycles. The van der Waals surface area contributed by atoms with E-state index in [0.717, 1.165) is 5.69 Å². The molecular weight excluding hydrogens is 405 g/mol. The molecule has 1 saturated heterocycles. The van der Waals surface area contributed by atoms with Crippen molar-refractivity contribution >= 4 is 16.6 Å². The van der Waals surface area contributed by atoms with Crippen molar-refractivity contribution in [2.75, 3.05) is 37.7 Å². The topological polar surface area (TPSA) is 101 Å². The van der Waals surface area contributed by atoms with Gasteiger partial charge in [0.15, 0.2) is 0 Å². The Balaban J connectivity index is 1.41. The molecule has 0 spiro atoms. The molecule has 0 radical (unpaired) electrons. The highest BCUT2D eigenvalue weighted by molar-refractivity contribution is 5.81. The van der Waals surface area contributed by atoms with Gasteiger partial charge in [-0.05, 0) is 18.2 Å². The van der Waals surface area contributed by atoms with Crippen molar-refractivity contribution in [3.63, 3.8) is 0 Å². The minimum atomic E-state index is -4.64. The first-order chi connectivity index (χ1) is 14.3. The summed E-state index contributed by atoms with van der Waals surface area (Å²) in [5, 5.41) is 16.0. The van der Waals surface area contributed by atoms with Crippen molar-refractivity contribution < 1.29 is 22.7 Å². The van der Waals surface area contributed by atoms with E-state index in [9.17, 15) is 18.0 Å². The van der Waals surface area contributed by atoms with Gasteiger partial charge >= 0.3 is 12.1 Å². The summed E-state index contributed by atoms with van der Waals surface area (Å²) in [5.41, 5.74) is 1.27. The minimum absolute atomic E-state index is 0.0650. The summed E-state index contributed by atoms with van der Waals surface area (Å²) >= 11 is 0. The van der Waals surface area contributed by atoms with Crippen LogP contribution in [0.25, 0.3) is 10.9 Å². The standard InChI is InChI=1S/C18H19F3N6O3/c19-18(20,21)17-24-23-15(30-17)10-25-3-5-26(6-4-25)12-1-2-13-14(9-12)22-11-27(7-8-28)16(13)29/h1-2,9,11,28H,3-8,10H2. The molecule has 2 aromatic heterocycles. The molecule has 1 N–H and O–H groups in total. The van der Waals surface area contributed by atoms with Crippen LogP contribution in [0.5, 0.6) is 0 Å². The number of hydrogen-bond donors (Lipinski definition) is 1. The first-order valence-corrected chi connectivity index (χ1v) is 9.32. The predicted molar refractivity (Wildman–Crippen MR) is 99.9 cm³/mol. The van der Waals surface area contributed by atoms with Gasteiger partial charge in [0, 0.05) is 31.9 Å². The third-order valence-electron chi connectivity index (χ3n) is 4.96. The van der Waals surface area contributed by atoms with Crippen LogP contribution in [0.3, 0.4) is 0 Å². The van der Waals surface area contributed by atoms with Crippen LogP contribution in [-0.2, 0) is 19.3 Å². The van der Waals surface area contributed by atoms with Crippen molar-refractivity contribution in [2.24, 2.45) is 0 Å². The Kier molecular flexibility index (Phi) is 5.43. The molecule has 12 heteroatoms. The number of fused-ring (bicyclic) bond motifs is 1. The summed E-state index contributed by atoms with van der Waals surface area (Å²) in [6, 6.07) is 5.40. The Morgan fingerprint density at radius 3 is 2.57 bits per heavy atom. The Hall–Kier alpha value is -2.99. The molecule has 4 rings (SSSR count). The van der Waals surface area contributed by atoms with Crippen LogP contribution in [-0.4, -0.2) is 62.5 Å². The number of piperazine rings is 1. The molecular formula is C18H19F3N6O3. The summed E-state index contributed by atoms with van der Waals surface area (Å²) < 4.78 is 43.7. The molecule has 0 amide bonds. The van der Waals surface area contributed by atoms with Gasteiger partial charge in [-0.1, -0.05) is 0 Å². The summed E-state index contributed by atoms with van der Waals surface area (Å²) in [6.07, 6.45) is -3.22. The second-order valence-corrected chi connectivity index (χ2v) is 6.93. The number of aliphatic hydroxyl groups excluding tert-OH is 1. The maximum absolute atomic E-state index is 12.6. The number of aliphatic hydroxyl groups is 1. The van der Waals surface area contributed by atoms with E-state index in [-0.39, 0.29) is 31.1 Å². The van der Waals surface area contributed by atoms with Crippen LogP contribution < -0.4 is 10.5 Å². The third kappa shape index (κ3) is 4.14. The molecule has 30 heavy (non-hydrogen) atoms. The van der Waals surface area contributed by atoms with E-state index in [1.807, 2.05) is 17.0 Å². The highest BCUT2D eigenvalue weighted by atomic mass is 19.4. The molecule has 1 fully saturated rings. The first-order valence-electron chi connectivity index (χ1n) is 9.32.